The number of fused-ring (bicyclic) bond motifs is 5. The van der Waals surface area contributed by atoms with Crippen LogP contribution < -0.4 is 11.2 Å². The molecular formula is C26H43N3O3. The zero-order valence-corrected chi connectivity index (χ0v) is 20.5. The lowest BCUT2D eigenvalue weighted by atomic mass is 9.44. The number of esters is 1. The Labute approximate surface area is 193 Å². The lowest BCUT2D eigenvalue weighted by Crippen LogP contribution is -2.54. The maximum absolute atomic E-state index is 11.7. The molecule has 0 aromatic carbocycles. The highest BCUT2D eigenvalue weighted by Crippen LogP contribution is 2.68. The van der Waals surface area contributed by atoms with Gasteiger partial charge in [0.25, 0.3) is 0 Å². The van der Waals surface area contributed by atoms with E-state index in [1.165, 1.54) is 52.1 Å². The summed E-state index contributed by atoms with van der Waals surface area (Å²) in [5.74, 6) is 4.40. The number of rotatable bonds is 5. The van der Waals surface area contributed by atoms with Crippen LogP contribution in [0.4, 0.5) is 4.79 Å². The van der Waals surface area contributed by atoms with Gasteiger partial charge < -0.3 is 10.5 Å². The van der Waals surface area contributed by atoms with E-state index in [9.17, 15) is 9.59 Å². The van der Waals surface area contributed by atoms with Crippen molar-refractivity contribution >= 4 is 17.7 Å². The van der Waals surface area contributed by atoms with Gasteiger partial charge in [0.15, 0.2) is 0 Å². The summed E-state index contributed by atoms with van der Waals surface area (Å²) in [5, 5.41) is 4.30. The van der Waals surface area contributed by atoms with Crippen molar-refractivity contribution in [1.82, 2.24) is 5.43 Å². The summed E-state index contributed by atoms with van der Waals surface area (Å²) in [6, 6.07) is -0.572. The number of nitrogens with zero attached hydrogens (tertiary/aromatic N) is 1. The van der Waals surface area contributed by atoms with Crippen molar-refractivity contribution in [3.63, 3.8) is 0 Å². The van der Waals surface area contributed by atoms with Crippen LogP contribution in [-0.2, 0) is 9.53 Å². The van der Waals surface area contributed by atoms with Crippen LogP contribution in [0.25, 0.3) is 0 Å². The largest absolute Gasteiger partial charge is 0.469 e. The van der Waals surface area contributed by atoms with E-state index in [1.54, 1.807) is 0 Å². The molecule has 180 valence electrons. The smallest absolute Gasteiger partial charge is 0.332 e. The van der Waals surface area contributed by atoms with Gasteiger partial charge in [-0.25, -0.2) is 10.2 Å². The number of ether oxygens (including phenoxy) is 1. The first-order valence-corrected chi connectivity index (χ1v) is 12.9. The number of hydrogen-bond donors (Lipinski definition) is 2. The Bertz CT molecular complexity index is 767. The molecule has 4 saturated carbocycles. The van der Waals surface area contributed by atoms with Crippen LogP contribution in [0, 0.1) is 46.3 Å². The normalized spacial score (nSPS) is 43.0. The van der Waals surface area contributed by atoms with Crippen molar-refractivity contribution in [3.8, 4) is 0 Å². The Kier molecular flexibility index (Phi) is 6.61. The van der Waals surface area contributed by atoms with Gasteiger partial charge in [-0.3, -0.25) is 4.79 Å². The third-order valence-corrected chi connectivity index (χ3v) is 10.6. The Morgan fingerprint density at radius 1 is 1.12 bits per heavy atom. The molecule has 0 saturated heterocycles. The van der Waals surface area contributed by atoms with Crippen LogP contribution in [0.15, 0.2) is 5.10 Å². The van der Waals surface area contributed by atoms with Gasteiger partial charge in [0.1, 0.15) is 0 Å². The van der Waals surface area contributed by atoms with Crippen LogP contribution in [0.3, 0.4) is 0 Å². The Balaban J connectivity index is 1.45. The first kappa shape index (κ1) is 23.6. The molecule has 2 amide bonds. The molecule has 0 spiro atoms. The summed E-state index contributed by atoms with van der Waals surface area (Å²) in [7, 11) is 1.49. The molecule has 4 aliphatic carbocycles. The summed E-state index contributed by atoms with van der Waals surface area (Å²) in [5.41, 5.74) is 9.59. The highest BCUT2D eigenvalue weighted by atomic mass is 16.5. The van der Waals surface area contributed by atoms with Crippen molar-refractivity contribution < 1.29 is 14.3 Å². The summed E-state index contributed by atoms with van der Waals surface area (Å²) in [6.07, 6.45) is 12.7. The number of primary amides is 1. The molecule has 8 atom stereocenters. The van der Waals surface area contributed by atoms with E-state index in [2.05, 4.69) is 31.3 Å². The van der Waals surface area contributed by atoms with Gasteiger partial charge in [0, 0.05) is 12.1 Å². The standard InChI is InChI=1S/C26H43N3O3/c1-16(5-10-23(30)32-4)20-8-9-21-19-7-6-17-15-18(28-29-24(27)31)11-13-25(17,2)22(19)12-14-26(20,21)3/h16-17,19-22H,5-15H2,1-4H3,(H3,27,29,31)/t16-,17+,19+,20+,21-,22+,25-,26+/m0/s1. The second kappa shape index (κ2) is 8.98. The summed E-state index contributed by atoms with van der Waals surface area (Å²) < 4.78 is 4.89. The molecule has 0 heterocycles. The molecule has 0 bridgehead atoms. The van der Waals surface area contributed by atoms with Crippen LogP contribution in [0.1, 0.15) is 91.4 Å². The van der Waals surface area contributed by atoms with Crippen molar-refractivity contribution in [2.45, 2.75) is 91.4 Å². The van der Waals surface area contributed by atoms with Gasteiger partial charge in [0.2, 0.25) is 0 Å². The van der Waals surface area contributed by atoms with E-state index in [1.807, 2.05) is 0 Å². The van der Waals surface area contributed by atoms with E-state index >= 15 is 0 Å². The van der Waals surface area contributed by atoms with E-state index in [4.69, 9.17) is 10.5 Å². The number of carbonyl (C=O) groups is 2. The average molecular weight is 446 g/mol. The number of nitrogens with one attached hydrogen (secondary N) is 1. The number of amides is 2. The second-order valence-corrected chi connectivity index (χ2v) is 11.8. The van der Waals surface area contributed by atoms with Crippen molar-refractivity contribution in [2.75, 3.05) is 7.11 Å². The molecule has 3 N–H and O–H groups in total. The number of methoxy groups -OCH3 is 1. The highest BCUT2D eigenvalue weighted by Gasteiger charge is 2.60. The third-order valence-electron chi connectivity index (χ3n) is 10.6. The molecule has 4 rings (SSSR count). The van der Waals surface area contributed by atoms with E-state index in [-0.39, 0.29) is 5.97 Å². The summed E-state index contributed by atoms with van der Waals surface area (Å²) in [6.45, 7) is 7.50. The fourth-order valence-corrected chi connectivity index (χ4v) is 8.92. The van der Waals surface area contributed by atoms with Gasteiger partial charge in [-0.1, -0.05) is 20.8 Å². The Morgan fingerprint density at radius 2 is 1.88 bits per heavy atom. The molecule has 4 fully saturated rings. The minimum Gasteiger partial charge on any atom is -0.469 e. The van der Waals surface area contributed by atoms with Crippen molar-refractivity contribution in [1.29, 1.82) is 0 Å². The van der Waals surface area contributed by atoms with Gasteiger partial charge in [-0.2, -0.15) is 5.10 Å². The predicted octanol–water partition coefficient (Wildman–Crippen LogP) is 5.26. The first-order chi connectivity index (χ1) is 15.2. The SMILES string of the molecule is COC(=O)CC[C@H](C)[C@H]1CC[C@H]2[C@H]3CC[C@@H]4CC(=NNC(N)=O)CC[C@]4(C)[C@@H]3CC[C@]12C. The molecule has 0 aromatic rings. The Morgan fingerprint density at radius 3 is 2.59 bits per heavy atom. The zero-order valence-electron chi connectivity index (χ0n) is 20.5. The highest BCUT2D eigenvalue weighted by molar-refractivity contribution is 5.87. The summed E-state index contributed by atoms with van der Waals surface area (Å²) in [4.78, 5) is 22.7. The predicted molar refractivity (Wildman–Crippen MR) is 126 cm³/mol. The van der Waals surface area contributed by atoms with Crippen LogP contribution in [0.2, 0.25) is 0 Å². The van der Waals surface area contributed by atoms with E-state index < -0.39 is 6.03 Å². The second-order valence-electron chi connectivity index (χ2n) is 11.8. The van der Waals surface area contributed by atoms with Crippen LogP contribution in [0.5, 0.6) is 0 Å². The maximum atomic E-state index is 11.7. The van der Waals surface area contributed by atoms with Gasteiger partial charge in [-0.15, -0.1) is 0 Å². The molecule has 6 heteroatoms. The number of urea groups is 1. The lowest BCUT2D eigenvalue weighted by Gasteiger charge is -2.60. The first-order valence-electron chi connectivity index (χ1n) is 12.9. The number of carbonyl (C=O) groups excluding carboxylic acids is 2. The molecule has 6 nitrogen and oxygen atoms in total. The fourth-order valence-electron chi connectivity index (χ4n) is 8.92. The molecule has 0 aliphatic heterocycles. The lowest BCUT2D eigenvalue weighted by molar-refractivity contribution is -0.141. The van der Waals surface area contributed by atoms with E-state index in [0.29, 0.717) is 29.1 Å². The molecule has 4 aliphatic rings. The van der Waals surface area contributed by atoms with Crippen LogP contribution >= 0.6 is 0 Å². The minimum absolute atomic E-state index is 0.0715. The molecule has 0 radical (unpaired) electrons. The molecule has 0 aromatic heterocycles. The molecule has 32 heavy (non-hydrogen) atoms. The number of nitrogens with two attached hydrogens (primary N) is 1. The number of hydrazone groups is 1. The van der Waals surface area contributed by atoms with Gasteiger partial charge >= 0.3 is 12.0 Å². The van der Waals surface area contributed by atoms with E-state index in [0.717, 1.165) is 48.6 Å². The maximum Gasteiger partial charge on any atom is 0.332 e. The minimum atomic E-state index is -0.572. The topological polar surface area (TPSA) is 93.8 Å². The quantitative estimate of drug-likeness (QED) is 0.446. The monoisotopic (exact) mass is 445 g/mol. The number of hydrogen-bond acceptors (Lipinski definition) is 4. The van der Waals surface area contributed by atoms with Crippen LogP contribution in [-0.4, -0.2) is 24.8 Å². The van der Waals surface area contributed by atoms with Gasteiger partial charge in [-0.05, 0) is 111 Å². The molecule has 0 unspecified atom stereocenters. The average Bonchev–Trinajstić information content (AvgIpc) is 3.12. The third kappa shape index (κ3) is 4.07. The van der Waals surface area contributed by atoms with Gasteiger partial charge in [0.05, 0.1) is 7.11 Å². The van der Waals surface area contributed by atoms with Crippen molar-refractivity contribution in [3.05, 3.63) is 0 Å². The fraction of sp³-hybridized carbons (Fsp3) is 0.885. The summed E-state index contributed by atoms with van der Waals surface area (Å²) >= 11 is 0. The Hall–Kier alpha value is -1.59. The van der Waals surface area contributed by atoms with Crippen molar-refractivity contribution in [2.24, 2.45) is 57.2 Å². The molecular weight excluding hydrogens is 402 g/mol. The zero-order chi connectivity index (χ0) is 23.1.